The summed E-state index contributed by atoms with van der Waals surface area (Å²) in [4.78, 5) is 37.5. The first kappa shape index (κ1) is 29.1. The van der Waals surface area contributed by atoms with Gasteiger partial charge in [-0.15, -0.1) is 0 Å². The second kappa shape index (κ2) is 15.1. The molecule has 1 aliphatic carbocycles. The fourth-order valence-corrected chi connectivity index (χ4v) is 4.80. The first-order chi connectivity index (χ1) is 18.5. The van der Waals surface area contributed by atoms with Gasteiger partial charge in [-0.2, -0.15) is 0 Å². The first-order valence-electron chi connectivity index (χ1n) is 13.3. The van der Waals surface area contributed by atoms with Crippen molar-refractivity contribution in [3.05, 3.63) is 72.3 Å². The van der Waals surface area contributed by atoms with Crippen molar-refractivity contribution in [2.45, 2.75) is 50.6 Å². The number of carbonyl (C=O) groups is 3. The molecule has 2 atom stereocenters. The van der Waals surface area contributed by atoms with E-state index in [9.17, 15) is 14.4 Å². The summed E-state index contributed by atoms with van der Waals surface area (Å²) in [5.74, 6) is -0.412. The molecular weight excluding hydrogens is 482 g/mol. The number of nitrogens with one attached hydrogen (secondary N) is 3. The second-order valence-corrected chi connectivity index (χ2v) is 9.34. The van der Waals surface area contributed by atoms with Gasteiger partial charge in [0.05, 0.1) is 12.6 Å². The van der Waals surface area contributed by atoms with Crippen LogP contribution in [0.25, 0.3) is 11.1 Å². The molecule has 2 aromatic rings. The summed E-state index contributed by atoms with van der Waals surface area (Å²) < 4.78 is 10.8. The molecule has 0 spiro atoms. The van der Waals surface area contributed by atoms with Gasteiger partial charge in [-0.1, -0.05) is 68.1 Å². The number of likely N-dealkylation sites (N-methyl/N-ethyl adjacent to an activating group) is 1. The van der Waals surface area contributed by atoms with E-state index >= 15 is 0 Å². The standard InChI is InChI=1S/C30H39N3O5/c1-4-18-37-30(36)32-17-11-10-16-27(33-26(5-2)28(34)19-31-3)29(35)38-20-25-23-14-8-6-12-21(23)22-13-7-9-15-24(22)25/h4,6-9,12-15,25-27,31,33H,1,5,10-11,16-20H2,2-3H3,(H,32,36)/t26-,27?/m0/s1. The smallest absolute Gasteiger partial charge is 0.407 e. The number of ether oxygens (including phenoxy) is 2. The molecule has 8 nitrogen and oxygen atoms in total. The number of benzene rings is 2. The number of hydrogen-bond acceptors (Lipinski definition) is 7. The lowest BCUT2D eigenvalue weighted by Gasteiger charge is -2.24. The van der Waals surface area contributed by atoms with E-state index in [0.29, 0.717) is 32.2 Å². The van der Waals surface area contributed by atoms with Gasteiger partial charge in [-0.05, 0) is 55.0 Å². The van der Waals surface area contributed by atoms with Gasteiger partial charge < -0.3 is 20.1 Å². The van der Waals surface area contributed by atoms with Crippen LogP contribution in [0.3, 0.4) is 0 Å². The fourth-order valence-electron chi connectivity index (χ4n) is 4.80. The zero-order valence-electron chi connectivity index (χ0n) is 22.3. The van der Waals surface area contributed by atoms with Gasteiger partial charge in [0.25, 0.3) is 0 Å². The highest BCUT2D eigenvalue weighted by atomic mass is 16.5. The minimum atomic E-state index is -0.639. The molecule has 0 saturated heterocycles. The molecule has 3 rings (SSSR count). The topological polar surface area (TPSA) is 106 Å². The third kappa shape index (κ3) is 7.76. The molecule has 0 bridgehead atoms. The van der Waals surface area contributed by atoms with Crippen LogP contribution < -0.4 is 16.0 Å². The number of esters is 1. The third-order valence-electron chi connectivity index (χ3n) is 6.71. The maximum Gasteiger partial charge on any atom is 0.407 e. The highest BCUT2D eigenvalue weighted by Crippen LogP contribution is 2.44. The Hall–Kier alpha value is -3.49. The molecule has 1 aliphatic rings. The Morgan fingerprint density at radius 1 is 0.974 bits per heavy atom. The van der Waals surface area contributed by atoms with Gasteiger partial charge in [0.1, 0.15) is 19.3 Å². The fraction of sp³-hybridized carbons (Fsp3) is 0.433. The van der Waals surface area contributed by atoms with E-state index in [2.05, 4.69) is 46.8 Å². The first-order valence-corrected chi connectivity index (χ1v) is 13.3. The average Bonchev–Trinajstić information content (AvgIpc) is 3.25. The minimum Gasteiger partial charge on any atom is -0.464 e. The highest BCUT2D eigenvalue weighted by molar-refractivity contribution is 5.87. The molecule has 0 aliphatic heterocycles. The number of ketones is 1. The van der Waals surface area contributed by atoms with Crippen LogP contribution in [0.15, 0.2) is 61.2 Å². The van der Waals surface area contributed by atoms with E-state index in [0.717, 1.165) is 11.1 Å². The van der Waals surface area contributed by atoms with Crippen LogP contribution in [0.5, 0.6) is 0 Å². The highest BCUT2D eigenvalue weighted by Gasteiger charge is 2.31. The van der Waals surface area contributed by atoms with Gasteiger partial charge in [-0.25, -0.2) is 4.79 Å². The van der Waals surface area contributed by atoms with Crippen molar-refractivity contribution in [3.63, 3.8) is 0 Å². The summed E-state index contributed by atoms with van der Waals surface area (Å²) in [5, 5.41) is 8.81. The van der Waals surface area contributed by atoms with E-state index < -0.39 is 18.2 Å². The van der Waals surface area contributed by atoms with Gasteiger partial charge in [0.15, 0.2) is 5.78 Å². The van der Waals surface area contributed by atoms with Gasteiger partial charge in [0.2, 0.25) is 0 Å². The Bertz CT molecular complexity index is 1060. The van der Waals surface area contributed by atoms with Crippen LogP contribution in [0, 0.1) is 0 Å². The monoisotopic (exact) mass is 521 g/mol. The van der Waals surface area contributed by atoms with Crippen molar-refractivity contribution < 1.29 is 23.9 Å². The Labute approximate surface area is 225 Å². The summed E-state index contributed by atoms with van der Waals surface area (Å²) in [6, 6.07) is 15.3. The van der Waals surface area contributed by atoms with Crippen molar-refractivity contribution >= 4 is 17.8 Å². The summed E-state index contributed by atoms with van der Waals surface area (Å²) in [5.41, 5.74) is 4.63. The third-order valence-corrected chi connectivity index (χ3v) is 6.71. The number of carbonyl (C=O) groups excluding carboxylic acids is 3. The lowest BCUT2D eigenvalue weighted by Crippen LogP contribution is -2.49. The molecule has 1 amide bonds. The normalized spacial score (nSPS) is 13.6. The van der Waals surface area contributed by atoms with Crippen molar-refractivity contribution in [2.75, 3.05) is 33.4 Å². The van der Waals surface area contributed by atoms with Gasteiger partial charge in [-0.3, -0.25) is 14.9 Å². The van der Waals surface area contributed by atoms with Crippen LogP contribution in [0.1, 0.15) is 49.7 Å². The quantitative estimate of drug-likeness (QED) is 0.175. The molecule has 0 aromatic heterocycles. The number of rotatable bonds is 16. The SMILES string of the molecule is C=CCOC(=O)NCCCCC(N[C@@H](CC)C(=O)CNC)C(=O)OCC1c2ccccc2-c2ccccc21. The maximum absolute atomic E-state index is 13.3. The van der Waals surface area contributed by atoms with E-state index in [1.807, 2.05) is 31.2 Å². The number of alkyl carbamates (subject to hydrolysis) is 1. The summed E-state index contributed by atoms with van der Waals surface area (Å²) in [6.45, 7) is 6.45. The molecule has 204 valence electrons. The average molecular weight is 522 g/mol. The van der Waals surface area contributed by atoms with Crippen molar-refractivity contribution in [1.82, 2.24) is 16.0 Å². The summed E-state index contributed by atoms with van der Waals surface area (Å²) in [6.07, 6.45) is 3.34. The van der Waals surface area contributed by atoms with Gasteiger partial charge >= 0.3 is 12.1 Å². The predicted molar refractivity (Wildman–Crippen MR) is 148 cm³/mol. The summed E-state index contributed by atoms with van der Waals surface area (Å²) in [7, 11) is 1.72. The van der Waals surface area contributed by atoms with E-state index in [-0.39, 0.29) is 37.4 Å². The number of unbranched alkanes of at least 4 members (excludes halogenated alkanes) is 1. The molecule has 38 heavy (non-hydrogen) atoms. The van der Waals surface area contributed by atoms with E-state index in [4.69, 9.17) is 9.47 Å². The predicted octanol–water partition coefficient (Wildman–Crippen LogP) is 3.95. The number of amides is 1. The maximum atomic E-state index is 13.3. The Kier molecular flexibility index (Phi) is 11.5. The van der Waals surface area contributed by atoms with Crippen LogP contribution in [-0.4, -0.2) is 63.3 Å². The molecule has 0 saturated carbocycles. The van der Waals surface area contributed by atoms with Crippen molar-refractivity contribution in [2.24, 2.45) is 0 Å². The number of fused-ring (bicyclic) bond motifs is 3. The molecule has 2 aromatic carbocycles. The van der Waals surface area contributed by atoms with E-state index in [1.165, 1.54) is 17.2 Å². The second-order valence-electron chi connectivity index (χ2n) is 9.34. The number of Topliss-reactive ketones (excluding diaryl/α,β-unsaturated/α-hetero) is 1. The van der Waals surface area contributed by atoms with Crippen LogP contribution in [0.4, 0.5) is 4.79 Å². The van der Waals surface area contributed by atoms with Crippen molar-refractivity contribution in [1.29, 1.82) is 0 Å². The molecule has 0 heterocycles. The van der Waals surface area contributed by atoms with Gasteiger partial charge in [0, 0.05) is 12.5 Å². The molecule has 3 N–H and O–H groups in total. The molecular formula is C30H39N3O5. The van der Waals surface area contributed by atoms with Crippen LogP contribution in [-0.2, 0) is 19.1 Å². The Balaban J connectivity index is 1.63. The van der Waals surface area contributed by atoms with Crippen LogP contribution >= 0.6 is 0 Å². The molecule has 8 heteroatoms. The zero-order valence-corrected chi connectivity index (χ0v) is 22.3. The molecule has 1 unspecified atom stereocenters. The minimum absolute atomic E-state index is 0.00178. The van der Waals surface area contributed by atoms with Crippen LogP contribution in [0.2, 0.25) is 0 Å². The van der Waals surface area contributed by atoms with E-state index in [1.54, 1.807) is 7.05 Å². The van der Waals surface area contributed by atoms with Crippen molar-refractivity contribution in [3.8, 4) is 11.1 Å². The lowest BCUT2D eigenvalue weighted by molar-refractivity contribution is -0.147. The Morgan fingerprint density at radius 2 is 1.63 bits per heavy atom. The number of hydrogen-bond donors (Lipinski definition) is 3. The lowest BCUT2D eigenvalue weighted by atomic mass is 9.98. The largest absolute Gasteiger partial charge is 0.464 e. The molecule has 0 radical (unpaired) electrons. The zero-order chi connectivity index (χ0) is 27.3. The summed E-state index contributed by atoms with van der Waals surface area (Å²) >= 11 is 0. The molecule has 0 fully saturated rings. The Morgan fingerprint density at radius 3 is 2.24 bits per heavy atom.